The van der Waals surface area contributed by atoms with Gasteiger partial charge < -0.3 is 11.1 Å². The maximum Gasteiger partial charge on any atom is 0.235 e. The molecule has 1 amide bonds. The van der Waals surface area contributed by atoms with Crippen molar-refractivity contribution in [3.05, 3.63) is 0 Å². The molecule has 1 aliphatic rings. The topological polar surface area (TPSA) is 55.1 Å². The largest absolute Gasteiger partial charge is 0.350 e. The zero-order chi connectivity index (χ0) is 8.48. The fourth-order valence-corrected chi connectivity index (χ4v) is 1.93. The van der Waals surface area contributed by atoms with E-state index in [9.17, 15) is 4.79 Å². The van der Waals surface area contributed by atoms with E-state index in [1.807, 2.05) is 13.8 Å². The van der Waals surface area contributed by atoms with Crippen LogP contribution in [0.3, 0.4) is 0 Å². The Morgan fingerprint density at radius 2 is 2.45 bits per heavy atom. The third kappa shape index (κ3) is 1.87. The molecule has 4 heteroatoms. The maximum atomic E-state index is 11.3. The first-order valence-electron chi connectivity index (χ1n) is 3.71. The van der Waals surface area contributed by atoms with Crippen LogP contribution >= 0.6 is 11.8 Å². The molecule has 1 aliphatic heterocycles. The molecule has 3 nitrogen and oxygen atoms in total. The smallest absolute Gasteiger partial charge is 0.235 e. The molecule has 0 saturated carbocycles. The van der Waals surface area contributed by atoms with Crippen LogP contribution in [-0.4, -0.2) is 29.0 Å². The van der Waals surface area contributed by atoms with Crippen LogP contribution in [0.4, 0.5) is 0 Å². The highest BCUT2D eigenvalue weighted by Gasteiger charge is 2.34. The molecule has 0 spiro atoms. The van der Waals surface area contributed by atoms with Crippen LogP contribution in [0.5, 0.6) is 0 Å². The Labute approximate surface area is 71.1 Å². The number of hydrogen-bond acceptors (Lipinski definition) is 3. The molecule has 0 aliphatic carbocycles. The van der Waals surface area contributed by atoms with Gasteiger partial charge in [0.1, 0.15) is 0 Å². The second kappa shape index (κ2) is 3.03. The molecule has 1 atom stereocenters. The van der Waals surface area contributed by atoms with Gasteiger partial charge in [0.15, 0.2) is 0 Å². The number of nitrogens with one attached hydrogen (secondary N) is 1. The first-order valence-corrected chi connectivity index (χ1v) is 4.70. The van der Waals surface area contributed by atoms with Gasteiger partial charge in [-0.05, 0) is 13.8 Å². The first kappa shape index (κ1) is 8.87. The SMILES string of the molecule is CC1(C)SCC(CN)NC1=O. The summed E-state index contributed by atoms with van der Waals surface area (Å²) >= 11 is 1.67. The Morgan fingerprint density at radius 3 is 2.91 bits per heavy atom. The lowest BCUT2D eigenvalue weighted by molar-refractivity contribution is -0.123. The minimum absolute atomic E-state index is 0.101. The average molecular weight is 174 g/mol. The van der Waals surface area contributed by atoms with Crippen LogP contribution in [0.2, 0.25) is 0 Å². The van der Waals surface area contributed by atoms with Gasteiger partial charge in [0.2, 0.25) is 5.91 Å². The van der Waals surface area contributed by atoms with Gasteiger partial charge in [-0.1, -0.05) is 0 Å². The summed E-state index contributed by atoms with van der Waals surface area (Å²) in [4.78, 5) is 11.3. The van der Waals surface area contributed by atoms with Gasteiger partial charge in [0.25, 0.3) is 0 Å². The van der Waals surface area contributed by atoms with Gasteiger partial charge in [-0.3, -0.25) is 4.79 Å². The zero-order valence-corrected chi connectivity index (χ0v) is 7.70. The molecule has 0 radical (unpaired) electrons. The Morgan fingerprint density at radius 1 is 1.82 bits per heavy atom. The van der Waals surface area contributed by atoms with Crippen LogP contribution < -0.4 is 11.1 Å². The fraction of sp³-hybridized carbons (Fsp3) is 0.857. The van der Waals surface area contributed by atoms with E-state index < -0.39 is 0 Å². The fourth-order valence-electron chi connectivity index (χ4n) is 0.902. The number of amides is 1. The van der Waals surface area contributed by atoms with Gasteiger partial charge >= 0.3 is 0 Å². The molecule has 0 bridgehead atoms. The normalized spacial score (nSPS) is 29.7. The first-order chi connectivity index (χ1) is 5.06. The monoisotopic (exact) mass is 174 g/mol. The molecule has 0 aromatic rings. The summed E-state index contributed by atoms with van der Waals surface area (Å²) in [6, 6.07) is 0.167. The molecule has 1 heterocycles. The van der Waals surface area contributed by atoms with E-state index in [1.165, 1.54) is 0 Å². The summed E-state index contributed by atoms with van der Waals surface area (Å²) in [5.41, 5.74) is 5.43. The van der Waals surface area contributed by atoms with E-state index in [1.54, 1.807) is 11.8 Å². The van der Waals surface area contributed by atoms with Gasteiger partial charge in [-0.15, -0.1) is 11.8 Å². The molecule has 1 unspecified atom stereocenters. The van der Waals surface area contributed by atoms with Crippen molar-refractivity contribution >= 4 is 17.7 Å². The predicted molar refractivity (Wildman–Crippen MR) is 47.5 cm³/mol. The van der Waals surface area contributed by atoms with Crippen LogP contribution in [0.15, 0.2) is 0 Å². The quantitative estimate of drug-likeness (QED) is 0.586. The highest BCUT2D eigenvalue weighted by Crippen LogP contribution is 2.28. The van der Waals surface area contributed by atoms with Gasteiger partial charge in [-0.2, -0.15) is 0 Å². The lowest BCUT2D eigenvalue weighted by Crippen LogP contribution is -2.53. The molecule has 11 heavy (non-hydrogen) atoms. The number of rotatable bonds is 1. The third-order valence-electron chi connectivity index (χ3n) is 1.81. The summed E-state index contributed by atoms with van der Waals surface area (Å²) in [6.07, 6.45) is 0. The van der Waals surface area contributed by atoms with E-state index in [0.29, 0.717) is 6.54 Å². The second-order valence-corrected chi connectivity index (χ2v) is 4.87. The molecule has 0 aromatic carbocycles. The summed E-state index contributed by atoms with van der Waals surface area (Å²) in [5.74, 6) is 1.03. The van der Waals surface area contributed by atoms with Crippen LogP contribution in [-0.2, 0) is 4.79 Å². The predicted octanol–water partition coefficient (Wildman–Crippen LogP) is -0.0447. The number of carbonyl (C=O) groups excluding carboxylic acids is 1. The van der Waals surface area contributed by atoms with E-state index in [2.05, 4.69) is 5.32 Å². The Balaban J connectivity index is 2.55. The van der Waals surface area contributed by atoms with Crippen molar-refractivity contribution in [2.24, 2.45) is 5.73 Å². The summed E-state index contributed by atoms with van der Waals surface area (Å²) < 4.78 is -0.272. The number of carbonyl (C=O) groups is 1. The minimum Gasteiger partial charge on any atom is -0.350 e. The Hall–Kier alpha value is -0.220. The second-order valence-electron chi connectivity index (χ2n) is 3.23. The molecule has 1 saturated heterocycles. The van der Waals surface area contributed by atoms with Gasteiger partial charge in [-0.25, -0.2) is 0 Å². The molecule has 1 rings (SSSR count). The van der Waals surface area contributed by atoms with E-state index in [4.69, 9.17) is 5.73 Å². The van der Waals surface area contributed by atoms with Crippen molar-refractivity contribution in [2.45, 2.75) is 24.6 Å². The van der Waals surface area contributed by atoms with Crippen molar-refractivity contribution in [3.63, 3.8) is 0 Å². The number of hydrogen-bond donors (Lipinski definition) is 2. The highest BCUT2D eigenvalue weighted by atomic mass is 32.2. The van der Waals surface area contributed by atoms with E-state index in [0.717, 1.165) is 5.75 Å². The molecular formula is C7H14N2OS. The summed E-state index contributed by atoms with van der Waals surface area (Å²) in [5, 5.41) is 2.87. The lowest BCUT2D eigenvalue weighted by atomic mass is 10.1. The van der Waals surface area contributed by atoms with Crippen LogP contribution in [0, 0.1) is 0 Å². The standard InChI is InChI=1S/C7H14N2OS/c1-7(2)6(10)9-5(3-8)4-11-7/h5H,3-4,8H2,1-2H3,(H,9,10). The number of thioether (sulfide) groups is 1. The van der Waals surface area contributed by atoms with E-state index >= 15 is 0 Å². The minimum atomic E-state index is -0.272. The van der Waals surface area contributed by atoms with E-state index in [-0.39, 0.29) is 16.7 Å². The Kier molecular flexibility index (Phi) is 2.44. The van der Waals surface area contributed by atoms with Crippen LogP contribution in [0.1, 0.15) is 13.8 Å². The lowest BCUT2D eigenvalue weighted by Gasteiger charge is -2.32. The van der Waals surface area contributed by atoms with Gasteiger partial charge in [0, 0.05) is 12.3 Å². The Bertz CT molecular complexity index is 170. The molecule has 0 aromatic heterocycles. The van der Waals surface area contributed by atoms with Gasteiger partial charge in [0.05, 0.1) is 10.8 Å². The van der Waals surface area contributed by atoms with Crippen molar-refractivity contribution in [1.82, 2.24) is 5.32 Å². The molecular weight excluding hydrogens is 160 g/mol. The maximum absolute atomic E-state index is 11.3. The summed E-state index contributed by atoms with van der Waals surface area (Å²) in [7, 11) is 0. The molecule has 3 N–H and O–H groups in total. The van der Waals surface area contributed by atoms with Crippen molar-refractivity contribution < 1.29 is 4.79 Å². The molecule has 1 fully saturated rings. The van der Waals surface area contributed by atoms with Crippen molar-refractivity contribution in [1.29, 1.82) is 0 Å². The summed E-state index contributed by atoms with van der Waals surface area (Å²) in [6.45, 7) is 4.40. The van der Waals surface area contributed by atoms with Crippen molar-refractivity contribution in [2.75, 3.05) is 12.3 Å². The van der Waals surface area contributed by atoms with Crippen molar-refractivity contribution in [3.8, 4) is 0 Å². The molecule has 64 valence electrons. The number of nitrogens with two attached hydrogens (primary N) is 1. The highest BCUT2D eigenvalue weighted by molar-refractivity contribution is 8.01. The zero-order valence-electron chi connectivity index (χ0n) is 6.89. The third-order valence-corrected chi connectivity index (χ3v) is 3.29. The average Bonchev–Trinajstić information content (AvgIpc) is 1.95. The van der Waals surface area contributed by atoms with Crippen LogP contribution in [0.25, 0.3) is 0 Å².